The van der Waals surface area contributed by atoms with E-state index in [9.17, 15) is 16.8 Å². The van der Waals surface area contributed by atoms with Crippen molar-refractivity contribution in [3.05, 3.63) is 57.6 Å². The van der Waals surface area contributed by atoms with Crippen LogP contribution in [0.25, 0.3) is 0 Å². The van der Waals surface area contributed by atoms with Crippen LogP contribution in [-0.4, -0.2) is 26.8 Å². The molecule has 0 aliphatic heterocycles. The summed E-state index contributed by atoms with van der Waals surface area (Å²) in [5.41, 5.74) is 1.51. The van der Waals surface area contributed by atoms with E-state index < -0.39 is 20.0 Å². The van der Waals surface area contributed by atoms with Crippen molar-refractivity contribution in [3.8, 4) is 0 Å². The maximum Gasteiger partial charge on any atom is 0.271 e. The van der Waals surface area contributed by atoms with Gasteiger partial charge in [0.2, 0.25) is 5.95 Å². The van der Waals surface area contributed by atoms with E-state index in [-0.39, 0.29) is 20.7 Å². The molecule has 28 heavy (non-hydrogen) atoms. The third-order valence-corrected chi connectivity index (χ3v) is 8.28. The van der Waals surface area contributed by atoms with Crippen LogP contribution >= 0.6 is 27.3 Å². The highest BCUT2D eigenvalue weighted by Crippen LogP contribution is 2.28. The van der Waals surface area contributed by atoms with Crippen LogP contribution in [0.4, 0.5) is 11.6 Å². The average molecular weight is 503 g/mol. The molecule has 0 amide bonds. The van der Waals surface area contributed by atoms with Crippen LogP contribution in [0.3, 0.4) is 0 Å². The van der Waals surface area contributed by atoms with Crippen molar-refractivity contribution < 1.29 is 16.8 Å². The quantitative estimate of drug-likeness (QED) is 0.532. The second kappa shape index (κ2) is 7.78. The molecule has 0 aliphatic carbocycles. The third-order valence-electron chi connectivity index (χ3n) is 3.44. The normalized spacial score (nSPS) is 12.0. The highest BCUT2D eigenvalue weighted by atomic mass is 79.9. The highest BCUT2D eigenvalue weighted by Gasteiger charge is 2.19. The molecule has 1 aromatic carbocycles. The maximum atomic E-state index is 12.5. The molecule has 0 aliphatic rings. The molecule has 0 saturated carbocycles. The van der Waals surface area contributed by atoms with E-state index in [1.54, 1.807) is 26.0 Å². The number of benzene rings is 1. The van der Waals surface area contributed by atoms with Crippen LogP contribution in [0.1, 0.15) is 11.4 Å². The summed E-state index contributed by atoms with van der Waals surface area (Å²) in [5.74, 6) is -0.0226. The number of sulfonamides is 2. The fourth-order valence-electron chi connectivity index (χ4n) is 2.30. The van der Waals surface area contributed by atoms with Gasteiger partial charge in [0, 0.05) is 17.1 Å². The van der Waals surface area contributed by atoms with Crippen LogP contribution in [0.15, 0.2) is 55.4 Å². The minimum atomic E-state index is -3.91. The lowest BCUT2D eigenvalue weighted by atomic mass is 10.3. The zero-order valence-electron chi connectivity index (χ0n) is 14.7. The van der Waals surface area contributed by atoms with Crippen molar-refractivity contribution in [3.63, 3.8) is 0 Å². The monoisotopic (exact) mass is 502 g/mol. The third kappa shape index (κ3) is 4.87. The van der Waals surface area contributed by atoms with Gasteiger partial charge in [-0.3, -0.25) is 4.72 Å². The van der Waals surface area contributed by atoms with Crippen molar-refractivity contribution in [2.45, 2.75) is 23.0 Å². The fraction of sp³-hybridized carbons (Fsp3) is 0.125. The van der Waals surface area contributed by atoms with Crippen molar-refractivity contribution in [2.24, 2.45) is 0 Å². The fourth-order valence-corrected chi connectivity index (χ4v) is 6.31. The summed E-state index contributed by atoms with van der Waals surface area (Å²) in [6.45, 7) is 3.47. The highest BCUT2D eigenvalue weighted by molar-refractivity contribution is 9.11. The van der Waals surface area contributed by atoms with Gasteiger partial charge < -0.3 is 0 Å². The number of nitrogens with one attached hydrogen (secondary N) is 2. The summed E-state index contributed by atoms with van der Waals surface area (Å²) in [5, 5.41) is 0. The molecule has 148 valence electrons. The number of anilines is 2. The van der Waals surface area contributed by atoms with Crippen LogP contribution in [0.5, 0.6) is 0 Å². The topological polar surface area (TPSA) is 118 Å². The minimum Gasteiger partial charge on any atom is -0.279 e. The van der Waals surface area contributed by atoms with Crippen molar-refractivity contribution in [1.29, 1.82) is 0 Å². The number of halogens is 1. The van der Waals surface area contributed by atoms with Crippen LogP contribution in [-0.2, 0) is 20.0 Å². The summed E-state index contributed by atoms with van der Waals surface area (Å²) >= 11 is 4.29. The Balaban J connectivity index is 1.79. The molecule has 2 heterocycles. The lowest BCUT2D eigenvalue weighted by Gasteiger charge is -2.10. The number of aryl methyl sites for hydroxylation is 2. The predicted molar refractivity (Wildman–Crippen MR) is 112 cm³/mol. The van der Waals surface area contributed by atoms with Crippen LogP contribution in [0, 0.1) is 13.8 Å². The molecular formula is C16H15BrN4O4S3. The Morgan fingerprint density at radius 2 is 1.46 bits per heavy atom. The number of hydrogen-bond donors (Lipinski definition) is 2. The number of thiophene rings is 1. The lowest BCUT2D eigenvalue weighted by Crippen LogP contribution is -2.16. The molecule has 2 aromatic heterocycles. The number of rotatable bonds is 6. The van der Waals surface area contributed by atoms with Gasteiger partial charge in [-0.05, 0) is 72.2 Å². The van der Waals surface area contributed by atoms with E-state index in [0.29, 0.717) is 15.2 Å². The first-order valence-corrected chi connectivity index (χ1v) is 12.4. The molecule has 3 aromatic rings. The standard InChI is InChI=1S/C16H15BrN4O4S3/c1-10-9-11(2)19-16(18-10)21-27(22,23)13-5-3-12(4-6-13)20-28(24,25)15-8-7-14(17)26-15/h3-9,20H,1-2H3,(H,18,19,21). The lowest BCUT2D eigenvalue weighted by molar-refractivity contribution is 0.600. The van der Waals surface area contributed by atoms with Gasteiger partial charge in [0.25, 0.3) is 20.0 Å². The van der Waals surface area contributed by atoms with Crippen molar-refractivity contribution in [2.75, 3.05) is 9.44 Å². The maximum absolute atomic E-state index is 12.5. The van der Waals surface area contributed by atoms with E-state index >= 15 is 0 Å². The molecule has 0 fully saturated rings. The second-order valence-corrected chi connectivity index (χ2v) is 11.8. The van der Waals surface area contributed by atoms with E-state index in [1.165, 1.54) is 30.3 Å². The van der Waals surface area contributed by atoms with Gasteiger partial charge in [-0.25, -0.2) is 31.5 Å². The summed E-state index contributed by atoms with van der Waals surface area (Å²) < 4.78 is 55.3. The van der Waals surface area contributed by atoms with E-state index in [0.717, 1.165) is 11.3 Å². The molecule has 0 unspecified atom stereocenters. The number of hydrogen-bond acceptors (Lipinski definition) is 7. The van der Waals surface area contributed by atoms with Gasteiger partial charge in [0.05, 0.1) is 8.68 Å². The Hall–Kier alpha value is -2.02. The van der Waals surface area contributed by atoms with Gasteiger partial charge in [0.15, 0.2) is 0 Å². The summed E-state index contributed by atoms with van der Waals surface area (Å²) in [6.07, 6.45) is 0. The summed E-state index contributed by atoms with van der Waals surface area (Å²) in [6, 6.07) is 10.2. The first-order valence-electron chi connectivity index (χ1n) is 7.78. The molecule has 0 bridgehead atoms. The van der Waals surface area contributed by atoms with Gasteiger partial charge in [-0.15, -0.1) is 11.3 Å². The SMILES string of the molecule is Cc1cc(C)nc(NS(=O)(=O)c2ccc(NS(=O)(=O)c3ccc(Br)s3)cc2)n1. The van der Waals surface area contributed by atoms with E-state index in [4.69, 9.17) is 0 Å². The largest absolute Gasteiger partial charge is 0.279 e. The molecule has 0 radical (unpaired) electrons. The second-order valence-electron chi connectivity index (χ2n) is 5.77. The Kier molecular flexibility index (Phi) is 5.75. The Morgan fingerprint density at radius 3 is 2.00 bits per heavy atom. The smallest absolute Gasteiger partial charge is 0.271 e. The molecule has 2 N–H and O–H groups in total. The van der Waals surface area contributed by atoms with Gasteiger partial charge in [-0.2, -0.15) is 0 Å². The molecule has 0 atom stereocenters. The average Bonchev–Trinajstić information content (AvgIpc) is 3.01. The Labute approximate surface area is 175 Å². The zero-order valence-corrected chi connectivity index (χ0v) is 18.7. The molecule has 8 nitrogen and oxygen atoms in total. The van der Waals surface area contributed by atoms with E-state index in [1.807, 2.05) is 0 Å². The van der Waals surface area contributed by atoms with Gasteiger partial charge >= 0.3 is 0 Å². The van der Waals surface area contributed by atoms with Crippen molar-refractivity contribution >= 4 is 58.9 Å². The summed E-state index contributed by atoms with van der Waals surface area (Å²) in [4.78, 5) is 8.06. The molecule has 12 heteroatoms. The molecule has 0 saturated heterocycles. The minimum absolute atomic E-state index is 0.0226. The predicted octanol–water partition coefficient (Wildman–Crippen LogP) is 3.52. The zero-order chi connectivity index (χ0) is 20.5. The molecular weight excluding hydrogens is 488 g/mol. The van der Waals surface area contributed by atoms with Crippen LogP contribution in [0.2, 0.25) is 0 Å². The van der Waals surface area contributed by atoms with Crippen molar-refractivity contribution in [1.82, 2.24) is 9.97 Å². The first kappa shape index (κ1) is 20.7. The van der Waals surface area contributed by atoms with Gasteiger partial charge in [0.1, 0.15) is 4.21 Å². The van der Waals surface area contributed by atoms with Crippen LogP contribution < -0.4 is 9.44 Å². The number of aromatic nitrogens is 2. The van der Waals surface area contributed by atoms with Gasteiger partial charge in [-0.1, -0.05) is 0 Å². The molecule has 0 spiro atoms. The summed E-state index contributed by atoms with van der Waals surface area (Å²) in [7, 11) is -7.66. The Bertz CT molecular complexity index is 1200. The Morgan fingerprint density at radius 1 is 0.857 bits per heavy atom. The first-order chi connectivity index (χ1) is 13.0. The number of nitrogens with zero attached hydrogens (tertiary/aromatic N) is 2. The molecule has 3 rings (SSSR count). The van der Waals surface area contributed by atoms with E-state index in [2.05, 4.69) is 35.3 Å².